The van der Waals surface area contributed by atoms with Gasteiger partial charge in [0.15, 0.2) is 0 Å². The summed E-state index contributed by atoms with van der Waals surface area (Å²) in [5.74, 6) is -0.738. The van der Waals surface area contributed by atoms with Crippen molar-refractivity contribution in [2.75, 3.05) is 10.8 Å². The molecule has 0 bridgehead atoms. The highest BCUT2D eigenvalue weighted by Crippen LogP contribution is 2.29. The van der Waals surface area contributed by atoms with E-state index in [4.69, 9.17) is 0 Å². The van der Waals surface area contributed by atoms with Gasteiger partial charge in [-0.15, -0.1) is 0 Å². The lowest BCUT2D eigenvalue weighted by atomic mass is 10.1. The largest absolute Gasteiger partial charge is 0.350 e. The fourth-order valence-electron chi connectivity index (χ4n) is 4.60. The molecule has 41 heavy (non-hydrogen) atoms. The van der Waals surface area contributed by atoms with Gasteiger partial charge in [0.1, 0.15) is 12.6 Å². The van der Waals surface area contributed by atoms with Crippen LogP contribution < -0.4 is 9.62 Å². The van der Waals surface area contributed by atoms with Crippen molar-refractivity contribution in [3.05, 3.63) is 94.5 Å². The monoisotopic (exact) mass is 577 g/mol. The number of nitrogens with zero attached hydrogens (tertiary/aromatic N) is 2. The molecule has 0 aliphatic rings. The summed E-state index contributed by atoms with van der Waals surface area (Å²) in [6.45, 7) is 14.8. The van der Waals surface area contributed by atoms with Gasteiger partial charge in [-0.05, 0) is 89.8 Å². The van der Waals surface area contributed by atoms with E-state index < -0.39 is 34.1 Å². The Labute approximate surface area is 245 Å². The zero-order valence-electron chi connectivity index (χ0n) is 25.5. The Morgan fingerprint density at radius 2 is 1.37 bits per heavy atom. The van der Waals surface area contributed by atoms with Crippen molar-refractivity contribution in [3.8, 4) is 0 Å². The third-order valence-corrected chi connectivity index (χ3v) is 8.65. The van der Waals surface area contributed by atoms with Crippen molar-refractivity contribution >= 4 is 27.5 Å². The van der Waals surface area contributed by atoms with Crippen LogP contribution in [0.4, 0.5) is 5.69 Å². The summed E-state index contributed by atoms with van der Waals surface area (Å²) in [5.41, 5.74) is 4.39. The lowest BCUT2D eigenvalue weighted by Gasteiger charge is -2.35. The predicted octanol–water partition coefficient (Wildman–Crippen LogP) is 5.84. The van der Waals surface area contributed by atoms with Gasteiger partial charge in [-0.2, -0.15) is 0 Å². The van der Waals surface area contributed by atoms with Crippen LogP contribution in [0.3, 0.4) is 0 Å². The normalized spacial score (nSPS) is 12.5. The molecule has 0 unspecified atom stereocenters. The molecule has 8 heteroatoms. The molecule has 220 valence electrons. The van der Waals surface area contributed by atoms with Crippen molar-refractivity contribution in [1.29, 1.82) is 0 Å². The van der Waals surface area contributed by atoms with Gasteiger partial charge in [-0.1, -0.05) is 66.6 Å². The highest BCUT2D eigenvalue weighted by Gasteiger charge is 2.35. The summed E-state index contributed by atoms with van der Waals surface area (Å²) in [6.07, 6.45) is 0.369. The number of hydrogen-bond acceptors (Lipinski definition) is 4. The van der Waals surface area contributed by atoms with E-state index >= 15 is 0 Å². The zero-order chi connectivity index (χ0) is 30.5. The molecule has 0 spiro atoms. The summed E-state index contributed by atoms with van der Waals surface area (Å²) < 4.78 is 29.4. The molecule has 0 fully saturated rings. The standard InChI is InChI=1S/C33H43N3O4S/c1-9-29(32(38)34-33(6,7)8)35(21-27-16-11-23(2)12-17-27)31(37)22-36(30-20-25(4)10-15-26(30)5)41(39,40)28-18-13-24(3)14-19-28/h10-20,29H,9,21-22H2,1-8H3,(H,34,38)/t29-/m1/s1. The predicted molar refractivity (Wildman–Crippen MR) is 165 cm³/mol. The Balaban J connectivity index is 2.11. The number of nitrogens with one attached hydrogen (secondary N) is 1. The van der Waals surface area contributed by atoms with E-state index in [9.17, 15) is 18.0 Å². The van der Waals surface area contributed by atoms with Gasteiger partial charge in [0, 0.05) is 12.1 Å². The molecule has 3 aromatic rings. The molecule has 1 N–H and O–H groups in total. The zero-order valence-corrected chi connectivity index (χ0v) is 26.3. The molecule has 0 saturated heterocycles. The minimum Gasteiger partial charge on any atom is -0.350 e. The van der Waals surface area contributed by atoms with Crippen LogP contribution in [0.1, 0.15) is 61.9 Å². The summed E-state index contributed by atoms with van der Waals surface area (Å²) in [5, 5.41) is 3.00. The van der Waals surface area contributed by atoms with Crippen molar-refractivity contribution in [3.63, 3.8) is 0 Å². The molecule has 0 aliphatic carbocycles. The molecule has 2 amide bonds. The van der Waals surface area contributed by atoms with E-state index in [0.717, 1.165) is 27.8 Å². The molecule has 1 atom stereocenters. The number of sulfonamides is 1. The Hall–Kier alpha value is -3.65. The number of rotatable bonds is 10. The molecule has 0 heterocycles. The highest BCUT2D eigenvalue weighted by molar-refractivity contribution is 7.92. The summed E-state index contributed by atoms with van der Waals surface area (Å²) in [6, 6.07) is 19.1. The average Bonchev–Trinajstić information content (AvgIpc) is 2.89. The lowest BCUT2D eigenvalue weighted by Crippen LogP contribution is -2.55. The number of carbonyl (C=O) groups is 2. The van der Waals surface area contributed by atoms with Crippen LogP contribution in [0.2, 0.25) is 0 Å². The first-order valence-corrected chi connectivity index (χ1v) is 15.4. The molecule has 3 rings (SSSR count). The van der Waals surface area contributed by atoms with Crippen LogP contribution in [0.5, 0.6) is 0 Å². The smallest absolute Gasteiger partial charge is 0.264 e. The highest BCUT2D eigenvalue weighted by atomic mass is 32.2. The molecule has 3 aromatic carbocycles. The van der Waals surface area contributed by atoms with Crippen molar-refractivity contribution in [2.24, 2.45) is 0 Å². The Kier molecular flexibility index (Phi) is 10.0. The number of hydrogen-bond donors (Lipinski definition) is 1. The van der Waals surface area contributed by atoms with Crippen molar-refractivity contribution in [1.82, 2.24) is 10.2 Å². The van der Waals surface area contributed by atoms with Gasteiger partial charge >= 0.3 is 0 Å². The first kappa shape index (κ1) is 31.9. The van der Waals surface area contributed by atoms with Crippen LogP contribution in [-0.4, -0.2) is 43.3 Å². The molecule has 0 saturated carbocycles. The van der Waals surface area contributed by atoms with E-state index in [-0.39, 0.29) is 17.3 Å². The van der Waals surface area contributed by atoms with Crippen LogP contribution in [0.25, 0.3) is 0 Å². The number of amides is 2. The minimum atomic E-state index is -4.11. The molecule has 0 aromatic heterocycles. The topological polar surface area (TPSA) is 86.8 Å². The van der Waals surface area contributed by atoms with Gasteiger partial charge in [0.25, 0.3) is 10.0 Å². The van der Waals surface area contributed by atoms with Crippen LogP contribution in [0.15, 0.2) is 71.6 Å². The Morgan fingerprint density at radius 1 is 0.829 bits per heavy atom. The van der Waals surface area contributed by atoms with E-state index in [1.165, 1.54) is 9.21 Å². The first-order chi connectivity index (χ1) is 19.1. The second kappa shape index (κ2) is 12.9. The van der Waals surface area contributed by atoms with Gasteiger partial charge in [0.2, 0.25) is 11.8 Å². The second-order valence-electron chi connectivity index (χ2n) is 11.8. The maximum atomic E-state index is 14.2. The molecule has 7 nitrogen and oxygen atoms in total. The molecule has 0 radical (unpaired) electrons. The average molecular weight is 578 g/mol. The number of aryl methyl sites for hydroxylation is 4. The van der Waals surface area contributed by atoms with Crippen LogP contribution >= 0.6 is 0 Å². The van der Waals surface area contributed by atoms with E-state index in [1.54, 1.807) is 30.3 Å². The van der Waals surface area contributed by atoms with E-state index in [1.807, 2.05) is 91.8 Å². The fourth-order valence-corrected chi connectivity index (χ4v) is 6.07. The Bertz CT molecular complexity index is 1470. The third kappa shape index (κ3) is 8.19. The van der Waals surface area contributed by atoms with Crippen LogP contribution in [-0.2, 0) is 26.2 Å². The molecular weight excluding hydrogens is 534 g/mol. The van der Waals surface area contributed by atoms with Crippen molar-refractivity contribution in [2.45, 2.75) is 84.8 Å². The van der Waals surface area contributed by atoms with Crippen LogP contribution in [0, 0.1) is 27.7 Å². The van der Waals surface area contributed by atoms with Gasteiger partial charge in [-0.3, -0.25) is 13.9 Å². The van der Waals surface area contributed by atoms with E-state index in [2.05, 4.69) is 5.32 Å². The third-order valence-electron chi connectivity index (χ3n) is 6.88. The molecule has 0 aliphatic heterocycles. The first-order valence-electron chi connectivity index (χ1n) is 14.0. The number of carbonyl (C=O) groups excluding carboxylic acids is 2. The maximum absolute atomic E-state index is 14.2. The lowest BCUT2D eigenvalue weighted by molar-refractivity contribution is -0.141. The SMILES string of the molecule is CC[C@H](C(=O)NC(C)(C)C)N(Cc1ccc(C)cc1)C(=O)CN(c1cc(C)ccc1C)S(=O)(=O)c1ccc(C)cc1. The van der Waals surface area contributed by atoms with E-state index in [0.29, 0.717) is 12.1 Å². The number of benzene rings is 3. The fraction of sp³-hybridized carbons (Fsp3) is 0.394. The minimum absolute atomic E-state index is 0.0967. The summed E-state index contributed by atoms with van der Waals surface area (Å²) >= 11 is 0. The molecular formula is C33H43N3O4S. The summed E-state index contributed by atoms with van der Waals surface area (Å²) in [4.78, 5) is 29.3. The van der Waals surface area contributed by atoms with Gasteiger partial charge in [0.05, 0.1) is 10.6 Å². The van der Waals surface area contributed by atoms with Gasteiger partial charge < -0.3 is 10.2 Å². The summed E-state index contributed by atoms with van der Waals surface area (Å²) in [7, 11) is -4.11. The quantitative estimate of drug-likeness (QED) is 0.328. The second-order valence-corrected chi connectivity index (χ2v) is 13.6. The number of anilines is 1. The van der Waals surface area contributed by atoms with Crippen molar-refractivity contribution < 1.29 is 18.0 Å². The maximum Gasteiger partial charge on any atom is 0.264 e. The van der Waals surface area contributed by atoms with Gasteiger partial charge in [-0.25, -0.2) is 8.42 Å². The Morgan fingerprint density at radius 3 is 1.90 bits per heavy atom.